The molecule has 2 fully saturated rings. The third-order valence-electron chi connectivity index (χ3n) is 6.83. The van der Waals surface area contributed by atoms with Crippen molar-refractivity contribution in [1.29, 1.82) is 0 Å². The number of carbonyl (C=O) groups is 1. The topological polar surface area (TPSA) is 44.7 Å². The Labute approximate surface area is 162 Å². The molecule has 0 spiro atoms. The van der Waals surface area contributed by atoms with Crippen LogP contribution in [0.3, 0.4) is 0 Å². The number of hydrazone groups is 1. The van der Waals surface area contributed by atoms with Crippen molar-refractivity contribution in [3.05, 3.63) is 48.0 Å². The highest BCUT2D eigenvalue weighted by atomic mass is 16.2. The molecule has 4 nitrogen and oxygen atoms in total. The van der Waals surface area contributed by atoms with Gasteiger partial charge in [-0.2, -0.15) is 5.10 Å². The van der Waals surface area contributed by atoms with Crippen molar-refractivity contribution in [3.63, 3.8) is 0 Å². The molecule has 4 atom stereocenters. The van der Waals surface area contributed by atoms with Crippen LogP contribution in [0.15, 0.2) is 47.6 Å². The maximum atomic E-state index is 13.0. The van der Waals surface area contributed by atoms with Crippen LogP contribution < -0.4 is 5.32 Å². The maximum Gasteiger partial charge on any atom is 0.267 e. The van der Waals surface area contributed by atoms with E-state index in [9.17, 15) is 4.79 Å². The molecule has 1 aromatic carbocycles. The van der Waals surface area contributed by atoms with Gasteiger partial charge in [0.1, 0.15) is 5.71 Å². The lowest BCUT2D eigenvalue weighted by molar-refractivity contribution is -0.116. The van der Waals surface area contributed by atoms with Crippen molar-refractivity contribution in [2.45, 2.75) is 58.5 Å². The van der Waals surface area contributed by atoms with Crippen LogP contribution in [0.1, 0.15) is 58.1 Å². The normalized spacial score (nSPS) is 32.3. The summed E-state index contributed by atoms with van der Waals surface area (Å²) in [5.74, 6) is 1.09. The molecule has 0 aromatic heterocycles. The summed E-state index contributed by atoms with van der Waals surface area (Å²) in [7, 11) is 0. The summed E-state index contributed by atoms with van der Waals surface area (Å²) >= 11 is 0. The van der Waals surface area contributed by atoms with E-state index < -0.39 is 0 Å². The largest absolute Gasteiger partial charge is 0.347 e. The van der Waals surface area contributed by atoms with Crippen molar-refractivity contribution in [2.24, 2.45) is 22.4 Å². The summed E-state index contributed by atoms with van der Waals surface area (Å²) in [6.07, 6.45) is 4.07. The van der Waals surface area contributed by atoms with E-state index in [4.69, 9.17) is 5.10 Å². The molecule has 4 rings (SSSR count). The van der Waals surface area contributed by atoms with Crippen LogP contribution >= 0.6 is 0 Å². The van der Waals surface area contributed by atoms with Gasteiger partial charge in [0.25, 0.3) is 5.91 Å². The predicted molar refractivity (Wildman–Crippen MR) is 109 cm³/mol. The molecule has 3 aliphatic rings. The molecule has 4 heteroatoms. The molecule has 1 heterocycles. The van der Waals surface area contributed by atoms with Gasteiger partial charge in [-0.25, -0.2) is 0 Å². The van der Waals surface area contributed by atoms with Crippen molar-refractivity contribution in [1.82, 2.24) is 10.3 Å². The fourth-order valence-corrected chi connectivity index (χ4v) is 5.14. The monoisotopic (exact) mass is 365 g/mol. The number of hydrogen-bond donors (Lipinski definition) is 1. The maximum absolute atomic E-state index is 13.0. The number of nitrogens with one attached hydrogen (secondary N) is 1. The lowest BCUT2D eigenvalue weighted by Crippen LogP contribution is -2.46. The number of fused-ring (bicyclic) bond motifs is 2. The van der Waals surface area contributed by atoms with E-state index in [1.165, 1.54) is 17.6 Å². The first-order chi connectivity index (χ1) is 12.9. The van der Waals surface area contributed by atoms with Gasteiger partial charge in [0.15, 0.2) is 0 Å². The Morgan fingerprint density at radius 3 is 2.70 bits per heavy atom. The van der Waals surface area contributed by atoms with E-state index in [0.717, 1.165) is 19.4 Å². The van der Waals surface area contributed by atoms with Crippen LogP contribution in [0.5, 0.6) is 0 Å². The lowest BCUT2D eigenvalue weighted by atomic mass is 9.80. The Balaban J connectivity index is 1.49. The first-order valence-corrected chi connectivity index (χ1v) is 10.3. The first kappa shape index (κ1) is 18.3. The number of carbonyl (C=O) groups excluding carboxylic acids is 1. The number of nitrogens with zero attached hydrogens (tertiary/aromatic N) is 2. The zero-order valence-corrected chi connectivity index (χ0v) is 16.7. The Kier molecular flexibility index (Phi) is 4.61. The van der Waals surface area contributed by atoms with Crippen molar-refractivity contribution in [3.8, 4) is 0 Å². The third-order valence-corrected chi connectivity index (χ3v) is 6.83. The minimum atomic E-state index is 0.00811. The molecule has 1 amide bonds. The van der Waals surface area contributed by atoms with E-state index in [2.05, 4.69) is 61.9 Å². The molecule has 1 unspecified atom stereocenters. The first-order valence-electron chi connectivity index (χ1n) is 10.3. The van der Waals surface area contributed by atoms with Crippen LogP contribution in [0, 0.1) is 17.3 Å². The van der Waals surface area contributed by atoms with Crippen molar-refractivity contribution in [2.75, 3.05) is 6.54 Å². The highest BCUT2D eigenvalue weighted by molar-refractivity contribution is 6.39. The van der Waals surface area contributed by atoms with Crippen molar-refractivity contribution >= 4 is 11.6 Å². The zero-order valence-electron chi connectivity index (χ0n) is 16.7. The van der Waals surface area contributed by atoms with E-state index in [-0.39, 0.29) is 23.4 Å². The molecule has 0 saturated heterocycles. The molecule has 1 N–H and O–H groups in total. The van der Waals surface area contributed by atoms with Gasteiger partial charge < -0.3 is 5.32 Å². The van der Waals surface area contributed by atoms with Gasteiger partial charge in [0.05, 0.1) is 6.04 Å². The van der Waals surface area contributed by atoms with Crippen LogP contribution in [0.4, 0.5) is 0 Å². The summed E-state index contributed by atoms with van der Waals surface area (Å²) in [5.41, 5.74) is 3.30. The second-order valence-corrected chi connectivity index (χ2v) is 9.13. The summed E-state index contributed by atoms with van der Waals surface area (Å²) in [6, 6.07) is 10.8. The van der Waals surface area contributed by atoms with E-state index in [1.807, 2.05) is 6.07 Å². The SMILES string of the molecule is C=C1[C@@H]2CC[C@@]1(C)[C@@H](NC(=O)C1=NN(CC(C)C)C(c3ccccc3)C1)C2. The van der Waals surface area contributed by atoms with E-state index in [0.29, 0.717) is 24.0 Å². The second kappa shape index (κ2) is 6.81. The van der Waals surface area contributed by atoms with Gasteiger partial charge in [-0.3, -0.25) is 9.80 Å². The Bertz CT molecular complexity index is 769. The highest BCUT2D eigenvalue weighted by Gasteiger charge is 2.52. The fourth-order valence-electron chi connectivity index (χ4n) is 5.14. The Morgan fingerprint density at radius 1 is 1.37 bits per heavy atom. The highest BCUT2D eigenvalue weighted by Crippen LogP contribution is 2.57. The smallest absolute Gasteiger partial charge is 0.267 e. The summed E-state index contributed by atoms with van der Waals surface area (Å²) in [6.45, 7) is 11.8. The quantitative estimate of drug-likeness (QED) is 0.791. The number of amides is 1. The lowest BCUT2D eigenvalue weighted by Gasteiger charge is -2.32. The second-order valence-electron chi connectivity index (χ2n) is 9.13. The van der Waals surface area contributed by atoms with Crippen LogP contribution in [-0.2, 0) is 4.79 Å². The summed E-state index contributed by atoms with van der Waals surface area (Å²) < 4.78 is 0. The van der Waals surface area contributed by atoms with E-state index in [1.54, 1.807) is 0 Å². The predicted octanol–water partition coefficient (Wildman–Crippen LogP) is 4.31. The summed E-state index contributed by atoms with van der Waals surface area (Å²) in [4.78, 5) is 13.0. The molecule has 0 radical (unpaired) electrons. The third kappa shape index (κ3) is 3.19. The Morgan fingerprint density at radius 2 is 2.11 bits per heavy atom. The van der Waals surface area contributed by atoms with Crippen LogP contribution in [-0.4, -0.2) is 29.2 Å². The van der Waals surface area contributed by atoms with Gasteiger partial charge in [0, 0.05) is 24.4 Å². The van der Waals surface area contributed by atoms with Crippen molar-refractivity contribution < 1.29 is 4.79 Å². The average molecular weight is 366 g/mol. The zero-order chi connectivity index (χ0) is 19.2. The minimum absolute atomic E-state index is 0.00811. The molecule has 2 saturated carbocycles. The van der Waals surface area contributed by atoms with Gasteiger partial charge in [-0.05, 0) is 36.7 Å². The number of hydrogen-bond acceptors (Lipinski definition) is 3. The molecule has 2 aliphatic carbocycles. The van der Waals surface area contributed by atoms with Gasteiger partial charge in [0.2, 0.25) is 0 Å². The number of rotatable bonds is 5. The summed E-state index contributed by atoms with van der Waals surface area (Å²) in [5, 5.41) is 10.2. The molecule has 144 valence electrons. The molecule has 1 aliphatic heterocycles. The van der Waals surface area contributed by atoms with Crippen LogP contribution in [0.25, 0.3) is 0 Å². The fraction of sp³-hybridized carbons (Fsp3) is 0.565. The molecular weight excluding hydrogens is 334 g/mol. The average Bonchev–Trinajstić information content (AvgIpc) is 3.25. The van der Waals surface area contributed by atoms with E-state index >= 15 is 0 Å². The molecule has 1 aromatic rings. The van der Waals surface area contributed by atoms with Crippen LogP contribution in [0.2, 0.25) is 0 Å². The minimum Gasteiger partial charge on any atom is -0.347 e. The van der Waals surface area contributed by atoms with Gasteiger partial charge in [-0.1, -0.05) is 63.3 Å². The van der Waals surface area contributed by atoms with Gasteiger partial charge >= 0.3 is 0 Å². The Hall–Kier alpha value is -2.10. The molecule has 27 heavy (non-hydrogen) atoms. The standard InChI is InChI=1S/C23H31N3O/c1-15(2)14-26-20(17-8-6-5-7-9-17)13-19(25-26)22(27)24-21-12-18-10-11-23(21,4)16(18)3/h5-9,15,18,20-21H,3,10-14H2,1-2,4H3,(H,24,27)/t18-,20?,21+,23-/m1/s1. The van der Waals surface area contributed by atoms with Gasteiger partial charge in [-0.15, -0.1) is 0 Å². The molecular formula is C23H31N3O. The number of benzene rings is 1. The molecule has 2 bridgehead atoms.